The van der Waals surface area contributed by atoms with Gasteiger partial charge >= 0.3 is 0 Å². The van der Waals surface area contributed by atoms with Gasteiger partial charge in [-0.05, 0) is 36.3 Å². The number of nitrogens with zero attached hydrogens (tertiary/aromatic N) is 1. The zero-order chi connectivity index (χ0) is 12.1. The van der Waals surface area contributed by atoms with E-state index in [1.54, 1.807) is 12.1 Å². The van der Waals surface area contributed by atoms with Gasteiger partial charge in [0.1, 0.15) is 11.9 Å². The molecule has 1 aliphatic rings. The van der Waals surface area contributed by atoms with Crippen LogP contribution >= 0.6 is 11.8 Å². The topological polar surface area (TPSA) is 35.8 Å². The van der Waals surface area contributed by atoms with Crippen LogP contribution in [0.3, 0.4) is 0 Å². The predicted octanol–water partition coefficient (Wildman–Crippen LogP) is 2.68. The Hall–Kier alpha value is -1.05. The van der Waals surface area contributed by atoms with E-state index < -0.39 is 5.82 Å². The number of hydrogen-bond donors (Lipinski definition) is 1. The monoisotopic (exact) mass is 250 g/mol. The van der Waals surface area contributed by atoms with E-state index in [1.165, 1.54) is 24.7 Å². The molecule has 0 aromatic heterocycles. The van der Waals surface area contributed by atoms with Crippen LogP contribution < -0.4 is 5.32 Å². The quantitative estimate of drug-likeness (QED) is 0.896. The van der Waals surface area contributed by atoms with Gasteiger partial charge in [-0.15, -0.1) is 0 Å². The van der Waals surface area contributed by atoms with Crippen LogP contribution in [0.1, 0.15) is 24.0 Å². The number of benzene rings is 1. The Morgan fingerprint density at radius 2 is 2.41 bits per heavy atom. The van der Waals surface area contributed by atoms with Crippen LogP contribution in [0.2, 0.25) is 0 Å². The van der Waals surface area contributed by atoms with Crippen LogP contribution in [-0.2, 0) is 6.54 Å². The molecule has 1 aromatic rings. The van der Waals surface area contributed by atoms with E-state index in [0.29, 0.717) is 12.6 Å². The fraction of sp³-hybridized carbons (Fsp3) is 0.462. The summed E-state index contributed by atoms with van der Waals surface area (Å²) in [5.41, 5.74) is 1.10. The average Bonchev–Trinajstić information content (AvgIpc) is 2.39. The molecule has 1 aromatic carbocycles. The van der Waals surface area contributed by atoms with E-state index >= 15 is 0 Å². The minimum Gasteiger partial charge on any atom is -0.309 e. The lowest BCUT2D eigenvalue weighted by atomic mass is 10.1. The molecule has 0 spiro atoms. The van der Waals surface area contributed by atoms with Gasteiger partial charge in [0, 0.05) is 18.3 Å². The van der Waals surface area contributed by atoms with Crippen molar-refractivity contribution in [2.45, 2.75) is 25.4 Å². The highest BCUT2D eigenvalue weighted by atomic mass is 32.2. The van der Waals surface area contributed by atoms with Crippen LogP contribution in [-0.4, -0.2) is 17.5 Å². The second kappa shape index (κ2) is 6.04. The Morgan fingerprint density at radius 1 is 1.53 bits per heavy atom. The zero-order valence-corrected chi connectivity index (χ0v) is 10.4. The van der Waals surface area contributed by atoms with Gasteiger partial charge in [0.25, 0.3) is 0 Å². The molecule has 1 atom stereocenters. The number of thioether (sulfide) groups is 1. The van der Waals surface area contributed by atoms with Gasteiger partial charge in [-0.1, -0.05) is 6.07 Å². The Balaban J connectivity index is 1.92. The maximum absolute atomic E-state index is 13.1. The van der Waals surface area contributed by atoms with Crippen molar-refractivity contribution in [3.8, 4) is 6.07 Å². The molecule has 17 heavy (non-hydrogen) atoms. The molecule has 4 heteroatoms. The van der Waals surface area contributed by atoms with Crippen molar-refractivity contribution < 1.29 is 4.39 Å². The Morgan fingerprint density at radius 3 is 3.12 bits per heavy atom. The highest BCUT2D eigenvalue weighted by molar-refractivity contribution is 7.99. The highest BCUT2D eigenvalue weighted by Crippen LogP contribution is 2.17. The third-order valence-corrected chi connectivity index (χ3v) is 4.12. The number of rotatable bonds is 3. The molecule has 1 heterocycles. The van der Waals surface area contributed by atoms with Crippen LogP contribution in [0.15, 0.2) is 18.2 Å². The average molecular weight is 250 g/mol. The lowest BCUT2D eigenvalue weighted by molar-refractivity contribution is 0.507. The number of nitrogens with one attached hydrogen (secondary N) is 1. The molecule has 1 fully saturated rings. The van der Waals surface area contributed by atoms with E-state index in [0.717, 1.165) is 11.3 Å². The van der Waals surface area contributed by atoms with Crippen molar-refractivity contribution in [3.63, 3.8) is 0 Å². The normalized spacial score (nSPS) is 19.9. The molecule has 1 unspecified atom stereocenters. The van der Waals surface area contributed by atoms with Crippen LogP contribution in [0, 0.1) is 17.1 Å². The third-order valence-electron chi connectivity index (χ3n) is 2.91. The molecular weight excluding hydrogens is 235 g/mol. The van der Waals surface area contributed by atoms with Crippen molar-refractivity contribution in [3.05, 3.63) is 35.1 Å². The summed E-state index contributed by atoms with van der Waals surface area (Å²) in [6, 6.07) is 7.14. The van der Waals surface area contributed by atoms with E-state index in [-0.39, 0.29) is 5.56 Å². The first-order valence-electron chi connectivity index (χ1n) is 5.79. The molecule has 0 radical (unpaired) electrons. The third kappa shape index (κ3) is 3.45. The van der Waals surface area contributed by atoms with Crippen LogP contribution in [0.25, 0.3) is 0 Å². The Bertz CT molecular complexity index is 422. The van der Waals surface area contributed by atoms with Crippen LogP contribution in [0.4, 0.5) is 4.39 Å². The molecule has 0 amide bonds. The molecule has 2 nitrogen and oxygen atoms in total. The first-order chi connectivity index (χ1) is 8.29. The summed E-state index contributed by atoms with van der Waals surface area (Å²) in [5.74, 6) is 1.96. The number of halogens is 1. The number of hydrogen-bond acceptors (Lipinski definition) is 3. The van der Waals surface area contributed by atoms with Crippen molar-refractivity contribution >= 4 is 11.8 Å². The van der Waals surface area contributed by atoms with Gasteiger partial charge in [0.05, 0.1) is 5.56 Å². The molecule has 90 valence electrons. The molecule has 0 aliphatic carbocycles. The van der Waals surface area contributed by atoms with Crippen molar-refractivity contribution in [1.82, 2.24) is 5.32 Å². The van der Waals surface area contributed by atoms with Crippen molar-refractivity contribution in [1.29, 1.82) is 5.26 Å². The van der Waals surface area contributed by atoms with Gasteiger partial charge < -0.3 is 5.32 Å². The van der Waals surface area contributed by atoms with Gasteiger partial charge in [0.2, 0.25) is 0 Å². The second-order valence-corrected chi connectivity index (χ2v) is 5.37. The van der Waals surface area contributed by atoms with E-state index in [4.69, 9.17) is 5.26 Å². The first kappa shape index (κ1) is 12.4. The van der Waals surface area contributed by atoms with E-state index in [2.05, 4.69) is 5.32 Å². The molecule has 0 saturated carbocycles. The zero-order valence-electron chi connectivity index (χ0n) is 9.58. The van der Waals surface area contributed by atoms with E-state index in [9.17, 15) is 4.39 Å². The van der Waals surface area contributed by atoms with Gasteiger partial charge in [-0.3, -0.25) is 0 Å². The summed E-state index contributed by atoms with van der Waals surface area (Å²) >= 11 is 1.97. The molecular formula is C13H15FN2S. The maximum Gasteiger partial charge on any atom is 0.140 e. The maximum atomic E-state index is 13.1. The largest absolute Gasteiger partial charge is 0.309 e. The SMILES string of the molecule is N#Cc1cc(CNC2CCCSC2)ccc1F. The minimum absolute atomic E-state index is 0.127. The second-order valence-electron chi connectivity index (χ2n) is 4.22. The molecule has 1 aliphatic heterocycles. The van der Waals surface area contributed by atoms with Gasteiger partial charge in [0.15, 0.2) is 0 Å². The van der Waals surface area contributed by atoms with Gasteiger partial charge in [-0.2, -0.15) is 17.0 Å². The Labute approximate surface area is 105 Å². The predicted molar refractivity (Wildman–Crippen MR) is 68.3 cm³/mol. The molecule has 1 N–H and O–H groups in total. The molecule has 2 rings (SSSR count). The lowest BCUT2D eigenvalue weighted by Crippen LogP contribution is -2.33. The van der Waals surface area contributed by atoms with Gasteiger partial charge in [-0.25, -0.2) is 4.39 Å². The summed E-state index contributed by atoms with van der Waals surface area (Å²) in [4.78, 5) is 0. The minimum atomic E-state index is -0.440. The first-order valence-corrected chi connectivity index (χ1v) is 6.94. The fourth-order valence-electron chi connectivity index (χ4n) is 1.93. The number of nitriles is 1. The molecule has 1 saturated heterocycles. The van der Waals surface area contributed by atoms with Crippen LogP contribution in [0.5, 0.6) is 0 Å². The summed E-state index contributed by atoms with van der Waals surface area (Å²) < 4.78 is 13.1. The Kier molecular flexibility index (Phi) is 4.41. The van der Waals surface area contributed by atoms with Crippen molar-refractivity contribution in [2.75, 3.05) is 11.5 Å². The fourth-order valence-corrected chi connectivity index (χ4v) is 3.04. The summed E-state index contributed by atoms with van der Waals surface area (Å²) in [6.07, 6.45) is 2.47. The van der Waals surface area contributed by atoms with Crippen molar-refractivity contribution in [2.24, 2.45) is 0 Å². The molecule has 0 bridgehead atoms. The smallest absolute Gasteiger partial charge is 0.140 e. The summed E-state index contributed by atoms with van der Waals surface area (Å²) in [6.45, 7) is 0.709. The highest BCUT2D eigenvalue weighted by Gasteiger charge is 2.13. The van der Waals surface area contributed by atoms with E-state index in [1.807, 2.05) is 17.8 Å². The summed E-state index contributed by atoms with van der Waals surface area (Å²) in [7, 11) is 0. The lowest BCUT2D eigenvalue weighted by Gasteiger charge is -2.22. The standard InChI is InChI=1S/C13H15FN2S/c14-13-4-3-10(6-11(13)7-15)8-16-12-2-1-5-17-9-12/h3-4,6,12,16H,1-2,5,8-9H2. The summed E-state index contributed by atoms with van der Waals surface area (Å²) in [5, 5.41) is 12.2.